The first kappa shape index (κ1) is 15.4. The third kappa shape index (κ3) is 3.44. The van der Waals surface area contributed by atoms with E-state index in [1.807, 2.05) is 0 Å². The predicted octanol–water partition coefficient (Wildman–Crippen LogP) is 3.07. The molecular formula is C14H15F4NO3. The normalized spacial score (nSPS) is 21.4. The number of anilines is 1. The molecule has 0 bridgehead atoms. The molecule has 122 valence electrons. The number of ether oxygens (including phenoxy) is 3. The second-order valence-corrected chi connectivity index (χ2v) is 5.29. The molecule has 22 heavy (non-hydrogen) atoms. The van der Waals surface area contributed by atoms with Crippen molar-refractivity contribution in [3.63, 3.8) is 0 Å². The Morgan fingerprint density at radius 2 is 1.68 bits per heavy atom. The van der Waals surface area contributed by atoms with Gasteiger partial charge in [0.25, 0.3) is 0 Å². The van der Waals surface area contributed by atoms with E-state index in [0.717, 1.165) is 0 Å². The van der Waals surface area contributed by atoms with Crippen molar-refractivity contribution in [1.29, 1.82) is 0 Å². The van der Waals surface area contributed by atoms with Crippen LogP contribution in [0.1, 0.15) is 12.8 Å². The number of halogens is 4. The average Bonchev–Trinajstić information content (AvgIpc) is 2.85. The summed E-state index contributed by atoms with van der Waals surface area (Å²) in [5, 5.41) is 0. The quantitative estimate of drug-likeness (QED) is 0.784. The third-order valence-electron chi connectivity index (χ3n) is 3.79. The zero-order chi connectivity index (χ0) is 15.8. The molecule has 2 aliphatic rings. The van der Waals surface area contributed by atoms with Crippen molar-refractivity contribution >= 4 is 5.69 Å². The van der Waals surface area contributed by atoms with Crippen molar-refractivity contribution in [2.75, 3.05) is 31.2 Å². The Hall–Kier alpha value is -1.54. The van der Waals surface area contributed by atoms with Gasteiger partial charge in [-0.05, 0) is 6.07 Å². The molecule has 0 saturated carbocycles. The molecule has 0 aliphatic carbocycles. The van der Waals surface area contributed by atoms with Gasteiger partial charge in [-0.3, -0.25) is 0 Å². The number of benzene rings is 1. The van der Waals surface area contributed by atoms with Crippen LogP contribution in [0, 0.1) is 5.82 Å². The van der Waals surface area contributed by atoms with Gasteiger partial charge in [-0.2, -0.15) is 0 Å². The first-order chi connectivity index (χ1) is 10.4. The van der Waals surface area contributed by atoms with Crippen molar-refractivity contribution < 1.29 is 31.8 Å². The fourth-order valence-corrected chi connectivity index (χ4v) is 2.81. The monoisotopic (exact) mass is 321 g/mol. The number of nitrogens with zero attached hydrogens (tertiary/aromatic N) is 1. The van der Waals surface area contributed by atoms with E-state index in [0.29, 0.717) is 50.9 Å². The van der Waals surface area contributed by atoms with E-state index < -0.39 is 23.7 Å². The van der Waals surface area contributed by atoms with E-state index in [1.165, 1.54) is 12.1 Å². The second kappa shape index (κ2) is 5.58. The highest BCUT2D eigenvalue weighted by molar-refractivity contribution is 5.51. The summed E-state index contributed by atoms with van der Waals surface area (Å²) in [7, 11) is 0. The summed E-state index contributed by atoms with van der Waals surface area (Å²) in [5.74, 6) is -1.92. The van der Waals surface area contributed by atoms with Crippen LogP contribution in [0.25, 0.3) is 0 Å². The van der Waals surface area contributed by atoms with E-state index in [-0.39, 0.29) is 0 Å². The maximum Gasteiger partial charge on any atom is 0.573 e. The number of rotatable bonds is 2. The van der Waals surface area contributed by atoms with E-state index in [1.54, 1.807) is 4.90 Å². The fraction of sp³-hybridized carbons (Fsp3) is 0.571. The lowest BCUT2D eigenvalue weighted by Gasteiger charge is -2.38. The van der Waals surface area contributed by atoms with Gasteiger partial charge in [0.1, 0.15) is 11.6 Å². The number of hydrogen-bond acceptors (Lipinski definition) is 4. The standard InChI is InChI=1S/C14H15F4NO3/c15-10-7-11(9-12(8-10)22-14(16,17)18)19-3-1-13(2-4-19)20-5-6-21-13/h7-9H,1-6H2. The lowest BCUT2D eigenvalue weighted by Crippen LogP contribution is -2.45. The minimum Gasteiger partial charge on any atom is -0.406 e. The average molecular weight is 321 g/mol. The summed E-state index contributed by atoms with van der Waals surface area (Å²) in [5.41, 5.74) is 0.354. The molecule has 2 aliphatic heterocycles. The molecule has 2 fully saturated rings. The van der Waals surface area contributed by atoms with Gasteiger partial charge in [-0.15, -0.1) is 13.2 Å². The van der Waals surface area contributed by atoms with E-state index in [2.05, 4.69) is 4.74 Å². The molecule has 1 aromatic rings. The Labute approximate surface area is 124 Å². The van der Waals surface area contributed by atoms with Gasteiger partial charge >= 0.3 is 6.36 Å². The molecule has 1 spiro atoms. The van der Waals surface area contributed by atoms with Crippen LogP contribution >= 0.6 is 0 Å². The van der Waals surface area contributed by atoms with E-state index >= 15 is 0 Å². The fourth-order valence-electron chi connectivity index (χ4n) is 2.81. The SMILES string of the molecule is Fc1cc(OC(F)(F)F)cc(N2CCC3(CC2)OCCO3)c1. The summed E-state index contributed by atoms with van der Waals surface area (Å²) in [6, 6.07) is 3.09. The molecule has 3 rings (SSSR count). The maximum atomic E-state index is 13.5. The van der Waals surface area contributed by atoms with Gasteiger partial charge in [0, 0.05) is 43.8 Å². The Kier molecular flexibility index (Phi) is 3.90. The van der Waals surface area contributed by atoms with Crippen LogP contribution < -0.4 is 9.64 Å². The number of hydrogen-bond donors (Lipinski definition) is 0. The van der Waals surface area contributed by atoms with Gasteiger partial charge in [-0.25, -0.2) is 4.39 Å². The largest absolute Gasteiger partial charge is 0.573 e. The smallest absolute Gasteiger partial charge is 0.406 e. The van der Waals surface area contributed by atoms with Crippen molar-refractivity contribution in [3.05, 3.63) is 24.0 Å². The molecule has 8 heteroatoms. The van der Waals surface area contributed by atoms with Crippen LogP contribution in [0.3, 0.4) is 0 Å². The molecule has 2 heterocycles. The van der Waals surface area contributed by atoms with Crippen LogP contribution in [-0.4, -0.2) is 38.5 Å². The van der Waals surface area contributed by atoms with Crippen LogP contribution in [0.5, 0.6) is 5.75 Å². The summed E-state index contributed by atoms with van der Waals surface area (Å²) < 4.78 is 65.3. The number of alkyl halides is 3. The van der Waals surface area contributed by atoms with Crippen molar-refractivity contribution in [2.45, 2.75) is 25.0 Å². The Morgan fingerprint density at radius 1 is 1.05 bits per heavy atom. The zero-order valence-electron chi connectivity index (χ0n) is 11.7. The summed E-state index contributed by atoms with van der Waals surface area (Å²) in [6.07, 6.45) is -3.68. The highest BCUT2D eigenvalue weighted by atomic mass is 19.4. The minimum atomic E-state index is -4.84. The summed E-state index contributed by atoms with van der Waals surface area (Å²) >= 11 is 0. The predicted molar refractivity (Wildman–Crippen MR) is 69.2 cm³/mol. The van der Waals surface area contributed by atoms with Crippen LogP contribution in [0.4, 0.5) is 23.2 Å². The lowest BCUT2D eigenvalue weighted by molar-refractivity contribution is -0.274. The number of piperidine rings is 1. The summed E-state index contributed by atoms with van der Waals surface area (Å²) in [6.45, 7) is 2.11. The molecule has 0 atom stereocenters. The van der Waals surface area contributed by atoms with E-state index in [9.17, 15) is 17.6 Å². The first-order valence-electron chi connectivity index (χ1n) is 6.94. The highest BCUT2D eigenvalue weighted by Gasteiger charge is 2.40. The Balaban J connectivity index is 1.72. The van der Waals surface area contributed by atoms with Crippen molar-refractivity contribution in [3.8, 4) is 5.75 Å². The second-order valence-electron chi connectivity index (χ2n) is 5.29. The Bertz CT molecular complexity index is 533. The molecule has 0 radical (unpaired) electrons. The molecule has 2 saturated heterocycles. The highest BCUT2D eigenvalue weighted by Crippen LogP contribution is 2.35. The summed E-state index contributed by atoms with van der Waals surface area (Å²) in [4.78, 5) is 1.79. The van der Waals surface area contributed by atoms with E-state index in [4.69, 9.17) is 9.47 Å². The van der Waals surface area contributed by atoms with Crippen molar-refractivity contribution in [2.24, 2.45) is 0 Å². The van der Waals surface area contributed by atoms with Gasteiger partial charge in [-0.1, -0.05) is 0 Å². The molecule has 4 nitrogen and oxygen atoms in total. The molecule has 0 N–H and O–H groups in total. The van der Waals surface area contributed by atoms with Crippen LogP contribution in [0.2, 0.25) is 0 Å². The molecule has 1 aromatic carbocycles. The van der Waals surface area contributed by atoms with Gasteiger partial charge < -0.3 is 19.1 Å². The van der Waals surface area contributed by atoms with Crippen molar-refractivity contribution in [1.82, 2.24) is 0 Å². The molecule has 0 aromatic heterocycles. The molecule has 0 amide bonds. The lowest BCUT2D eigenvalue weighted by atomic mass is 10.0. The Morgan fingerprint density at radius 3 is 2.27 bits per heavy atom. The van der Waals surface area contributed by atoms with Crippen LogP contribution in [-0.2, 0) is 9.47 Å². The maximum absolute atomic E-state index is 13.5. The zero-order valence-corrected chi connectivity index (χ0v) is 11.7. The first-order valence-corrected chi connectivity index (χ1v) is 6.94. The molecule has 0 unspecified atom stereocenters. The third-order valence-corrected chi connectivity index (χ3v) is 3.79. The topological polar surface area (TPSA) is 30.9 Å². The minimum absolute atomic E-state index is 0.354. The van der Waals surface area contributed by atoms with Crippen LogP contribution in [0.15, 0.2) is 18.2 Å². The molecular weight excluding hydrogens is 306 g/mol. The van der Waals surface area contributed by atoms with Gasteiger partial charge in [0.2, 0.25) is 0 Å². The van der Waals surface area contributed by atoms with Gasteiger partial charge in [0.15, 0.2) is 5.79 Å². The van der Waals surface area contributed by atoms with Gasteiger partial charge in [0.05, 0.1) is 13.2 Å².